The molecule has 3 N–H and O–H groups in total. The number of aromatic nitrogens is 2. The van der Waals surface area contributed by atoms with Crippen molar-refractivity contribution in [3.05, 3.63) is 60.0 Å². The van der Waals surface area contributed by atoms with Crippen molar-refractivity contribution in [1.29, 1.82) is 0 Å². The SMILES string of the molecule is Cc1ccc(-c2nn(-c3ccccc3)cc2C(=O)NC2CCC3NNCC3C2)o1. The van der Waals surface area contributed by atoms with Crippen LogP contribution in [0, 0.1) is 12.8 Å². The predicted octanol–water partition coefficient (Wildman–Crippen LogP) is 2.82. The number of rotatable bonds is 4. The number of hydrogen-bond acceptors (Lipinski definition) is 5. The Kier molecular flexibility index (Phi) is 4.69. The maximum absolute atomic E-state index is 13.2. The Bertz CT molecular complexity index is 1010. The van der Waals surface area contributed by atoms with E-state index in [-0.39, 0.29) is 11.9 Å². The van der Waals surface area contributed by atoms with Crippen molar-refractivity contribution in [3.63, 3.8) is 0 Å². The summed E-state index contributed by atoms with van der Waals surface area (Å²) in [6.45, 7) is 2.85. The van der Waals surface area contributed by atoms with Crippen LogP contribution in [0.25, 0.3) is 17.1 Å². The molecule has 1 amide bonds. The van der Waals surface area contributed by atoms with Gasteiger partial charge in [0.05, 0.1) is 11.3 Å². The van der Waals surface area contributed by atoms with Gasteiger partial charge in [0.15, 0.2) is 5.76 Å². The van der Waals surface area contributed by atoms with Crippen LogP contribution in [0.3, 0.4) is 0 Å². The first-order chi connectivity index (χ1) is 14.2. The lowest BCUT2D eigenvalue weighted by Crippen LogP contribution is -2.44. The standard InChI is InChI=1S/C22H25N5O2/c1-14-7-10-20(29-14)21-18(13-27(26-21)17-5-3-2-4-6-17)22(28)24-16-8-9-19-15(11-16)12-23-25-19/h2-7,10,13,15-16,19,23,25H,8-9,11-12H2,1H3,(H,24,28). The molecule has 1 aliphatic carbocycles. The molecule has 29 heavy (non-hydrogen) atoms. The molecule has 150 valence electrons. The van der Waals surface area contributed by atoms with Crippen molar-refractivity contribution < 1.29 is 9.21 Å². The summed E-state index contributed by atoms with van der Waals surface area (Å²) in [6.07, 6.45) is 4.82. The normalized spacial score (nSPS) is 23.7. The molecule has 3 heterocycles. The largest absolute Gasteiger partial charge is 0.460 e. The summed E-state index contributed by atoms with van der Waals surface area (Å²) in [5, 5.41) is 7.91. The molecule has 0 spiro atoms. The quantitative estimate of drug-likeness (QED) is 0.637. The lowest BCUT2D eigenvalue weighted by atomic mass is 9.83. The third kappa shape index (κ3) is 3.59. The number of aryl methyl sites for hydroxylation is 1. The molecule has 3 unspecified atom stereocenters. The van der Waals surface area contributed by atoms with E-state index in [2.05, 4.69) is 21.3 Å². The number of hydrogen-bond donors (Lipinski definition) is 3. The van der Waals surface area contributed by atoms with Crippen LogP contribution < -0.4 is 16.2 Å². The van der Waals surface area contributed by atoms with Gasteiger partial charge in [0.2, 0.25) is 0 Å². The number of fused-ring (bicyclic) bond motifs is 1. The Labute approximate surface area is 169 Å². The molecule has 1 saturated carbocycles. The molecule has 0 bridgehead atoms. The first-order valence-corrected chi connectivity index (χ1v) is 10.2. The highest BCUT2D eigenvalue weighted by atomic mass is 16.3. The van der Waals surface area contributed by atoms with Gasteiger partial charge in [0, 0.05) is 24.8 Å². The molecular formula is C22H25N5O2. The lowest BCUT2D eigenvalue weighted by Gasteiger charge is -2.31. The lowest BCUT2D eigenvalue weighted by molar-refractivity contribution is 0.0918. The Morgan fingerprint density at radius 3 is 2.86 bits per heavy atom. The third-order valence-electron chi connectivity index (χ3n) is 5.92. The van der Waals surface area contributed by atoms with Crippen molar-refractivity contribution >= 4 is 5.91 Å². The van der Waals surface area contributed by atoms with E-state index < -0.39 is 0 Å². The fourth-order valence-corrected chi connectivity index (χ4v) is 4.39. The summed E-state index contributed by atoms with van der Waals surface area (Å²) < 4.78 is 7.52. The zero-order chi connectivity index (χ0) is 19.8. The average molecular weight is 391 g/mol. The highest BCUT2D eigenvalue weighted by molar-refractivity contribution is 5.99. The van der Waals surface area contributed by atoms with Gasteiger partial charge in [0.25, 0.3) is 5.91 Å². The maximum Gasteiger partial charge on any atom is 0.255 e. The highest BCUT2D eigenvalue weighted by Crippen LogP contribution is 2.29. The van der Waals surface area contributed by atoms with Gasteiger partial charge in [-0.3, -0.25) is 15.6 Å². The van der Waals surface area contributed by atoms with Crippen LogP contribution in [-0.2, 0) is 0 Å². The fraction of sp³-hybridized carbons (Fsp3) is 0.364. The van der Waals surface area contributed by atoms with Crippen molar-refractivity contribution in [2.75, 3.05) is 6.54 Å². The van der Waals surface area contributed by atoms with Crippen LogP contribution >= 0.6 is 0 Å². The Morgan fingerprint density at radius 2 is 2.07 bits per heavy atom. The molecule has 3 aromatic rings. The second-order valence-corrected chi connectivity index (χ2v) is 7.96. The van der Waals surface area contributed by atoms with Gasteiger partial charge in [-0.1, -0.05) is 18.2 Å². The molecule has 5 rings (SSSR count). The molecular weight excluding hydrogens is 366 g/mol. The number of nitrogens with zero attached hydrogens (tertiary/aromatic N) is 2. The van der Waals surface area contributed by atoms with E-state index in [1.165, 1.54) is 0 Å². The van der Waals surface area contributed by atoms with Crippen molar-refractivity contribution in [2.24, 2.45) is 5.92 Å². The molecule has 7 nitrogen and oxygen atoms in total. The van der Waals surface area contributed by atoms with Crippen molar-refractivity contribution in [1.82, 2.24) is 25.9 Å². The van der Waals surface area contributed by atoms with Crippen LogP contribution in [0.2, 0.25) is 0 Å². The maximum atomic E-state index is 13.2. The monoisotopic (exact) mass is 391 g/mol. The fourth-order valence-electron chi connectivity index (χ4n) is 4.39. The molecule has 1 aromatic carbocycles. The average Bonchev–Trinajstić information content (AvgIpc) is 3.47. The van der Waals surface area contributed by atoms with Crippen LogP contribution in [0.4, 0.5) is 0 Å². The van der Waals surface area contributed by atoms with Crippen molar-refractivity contribution in [2.45, 2.75) is 38.3 Å². The summed E-state index contributed by atoms with van der Waals surface area (Å²) in [4.78, 5) is 13.2. The molecule has 2 aliphatic rings. The van der Waals surface area contributed by atoms with Crippen molar-refractivity contribution in [3.8, 4) is 17.1 Å². The summed E-state index contributed by atoms with van der Waals surface area (Å²) in [7, 11) is 0. The number of amides is 1. The smallest absolute Gasteiger partial charge is 0.255 e. The van der Waals surface area contributed by atoms with Crippen LogP contribution in [0.15, 0.2) is 53.1 Å². The summed E-state index contributed by atoms with van der Waals surface area (Å²) in [5.41, 5.74) is 8.57. The number of carbonyl (C=O) groups excluding carboxylic acids is 1. The second-order valence-electron chi connectivity index (χ2n) is 7.96. The third-order valence-corrected chi connectivity index (χ3v) is 5.92. The second kappa shape index (κ2) is 7.50. The van der Waals surface area contributed by atoms with E-state index in [1.54, 1.807) is 10.9 Å². The number of nitrogens with one attached hydrogen (secondary N) is 3. The Balaban J connectivity index is 1.43. The Morgan fingerprint density at radius 1 is 1.21 bits per heavy atom. The number of benzene rings is 1. The van der Waals surface area contributed by atoms with Gasteiger partial charge in [-0.05, 0) is 56.4 Å². The van der Waals surface area contributed by atoms with Gasteiger partial charge in [-0.2, -0.15) is 5.10 Å². The highest BCUT2D eigenvalue weighted by Gasteiger charge is 2.34. The summed E-state index contributed by atoms with van der Waals surface area (Å²) >= 11 is 0. The molecule has 7 heteroatoms. The minimum absolute atomic E-state index is 0.0985. The van der Waals surface area contributed by atoms with Crippen LogP contribution in [0.5, 0.6) is 0 Å². The summed E-state index contributed by atoms with van der Waals surface area (Å²) in [5.74, 6) is 1.86. The molecule has 2 fully saturated rings. The topological polar surface area (TPSA) is 84.1 Å². The molecule has 1 saturated heterocycles. The van der Waals surface area contributed by atoms with E-state index in [1.807, 2.05) is 49.4 Å². The van der Waals surface area contributed by atoms with E-state index in [9.17, 15) is 4.79 Å². The molecule has 3 atom stereocenters. The molecule has 0 radical (unpaired) electrons. The predicted molar refractivity (Wildman–Crippen MR) is 110 cm³/mol. The molecule has 2 aromatic heterocycles. The zero-order valence-electron chi connectivity index (χ0n) is 16.4. The van der Waals surface area contributed by atoms with Gasteiger partial charge in [0.1, 0.15) is 11.5 Å². The minimum Gasteiger partial charge on any atom is -0.460 e. The number of carbonyl (C=O) groups is 1. The van der Waals surface area contributed by atoms with Gasteiger partial charge < -0.3 is 9.73 Å². The zero-order valence-corrected chi connectivity index (χ0v) is 16.4. The minimum atomic E-state index is -0.0985. The van der Waals surface area contributed by atoms with E-state index in [4.69, 9.17) is 4.42 Å². The first-order valence-electron chi connectivity index (χ1n) is 10.2. The van der Waals surface area contributed by atoms with Crippen LogP contribution in [-0.4, -0.2) is 34.3 Å². The summed E-state index contributed by atoms with van der Waals surface area (Å²) in [6, 6.07) is 14.2. The Hall–Kier alpha value is -2.90. The van der Waals surface area contributed by atoms with Gasteiger partial charge in [-0.15, -0.1) is 0 Å². The first kappa shape index (κ1) is 18.1. The van der Waals surface area contributed by atoms with E-state index in [0.29, 0.717) is 29.0 Å². The van der Waals surface area contributed by atoms with E-state index in [0.717, 1.165) is 37.3 Å². The number of para-hydroxylation sites is 1. The van der Waals surface area contributed by atoms with E-state index >= 15 is 0 Å². The van der Waals surface area contributed by atoms with Gasteiger partial charge >= 0.3 is 0 Å². The van der Waals surface area contributed by atoms with Crippen LogP contribution in [0.1, 0.15) is 35.4 Å². The number of hydrazine groups is 1. The molecule has 1 aliphatic heterocycles. The number of furan rings is 1. The van der Waals surface area contributed by atoms with Gasteiger partial charge in [-0.25, -0.2) is 4.68 Å².